The largest absolute Gasteiger partial charge is 0.462 e. The quantitative estimate of drug-likeness (QED) is 0.474. The molecule has 1 aromatic carbocycles. The molecule has 5 nitrogen and oxygen atoms in total. The topological polar surface area (TPSA) is 69.7 Å². The molecule has 1 heterocycles. The van der Waals surface area contributed by atoms with Crippen molar-refractivity contribution in [2.45, 2.75) is 39.7 Å². The van der Waals surface area contributed by atoms with Crippen LogP contribution in [0.15, 0.2) is 35.4 Å². The van der Waals surface area contributed by atoms with Crippen LogP contribution in [0.2, 0.25) is 0 Å². The molecular formula is C18H20O5. The standard InChI is InChI=1S/C18H20O5/c1-5-22-16(20)15-14(18(3,4)23-17(15)21)10-12-6-8-13(9-7-12)11(2)19/h6-9H,5,10H2,1-4H3. The second kappa shape index (κ2) is 6.36. The van der Waals surface area contributed by atoms with Gasteiger partial charge in [-0.3, -0.25) is 4.79 Å². The van der Waals surface area contributed by atoms with E-state index in [9.17, 15) is 14.4 Å². The number of esters is 2. The highest BCUT2D eigenvalue weighted by molar-refractivity contribution is 6.16. The summed E-state index contributed by atoms with van der Waals surface area (Å²) in [7, 11) is 0. The van der Waals surface area contributed by atoms with Gasteiger partial charge in [0.25, 0.3) is 0 Å². The Hall–Kier alpha value is -2.43. The Labute approximate surface area is 135 Å². The lowest BCUT2D eigenvalue weighted by atomic mass is 9.89. The molecule has 1 aromatic rings. The summed E-state index contributed by atoms with van der Waals surface area (Å²) in [6, 6.07) is 7.08. The Bertz CT molecular complexity index is 680. The fourth-order valence-electron chi connectivity index (χ4n) is 2.54. The summed E-state index contributed by atoms with van der Waals surface area (Å²) in [5, 5.41) is 0. The van der Waals surface area contributed by atoms with Gasteiger partial charge in [0, 0.05) is 5.56 Å². The molecule has 23 heavy (non-hydrogen) atoms. The van der Waals surface area contributed by atoms with Crippen molar-refractivity contribution in [3.05, 3.63) is 46.5 Å². The number of hydrogen-bond donors (Lipinski definition) is 0. The Morgan fingerprint density at radius 2 is 1.78 bits per heavy atom. The molecule has 0 amide bonds. The number of carbonyl (C=O) groups excluding carboxylic acids is 3. The van der Waals surface area contributed by atoms with E-state index in [0.29, 0.717) is 17.6 Å². The SMILES string of the molecule is CCOC(=O)C1=C(Cc2ccc(C(C)=O)cc2)C(C)(C)OC1=O. The van der Waals surface area contributed by atoms with Crippen molar-refractivity contribution in [1.29, 1.82) is 0 Å². The number of cyclic esters (lactones) is 1. The van der Waals surface area contributed by atoms with Crippen LogP contribution in [0.5, 0.6) is 0 Å². The maximum atomic E-state index is 12.1. The predicted molar refractivity (Wildman–Crippen MR) is 84.0 cm³/mol. The summed E-state index contributed by atoms with van der Waals surface area (Å²) < 4.78 is 10.3. The third-order valence-electron chi connectivity index (χ3n) is 3.80. The average Bonchev–Trinajstić information content (AvgIpc) is 2.69. The molecular weight excluding hydrogens is 296 g/mol. The Kier molecular flexibility index (Phi) is 4.68. The van der Waals surface area contributed by atoms with Crippen LogP contribution in [-0.4, -0.2) is 29.9 Å². The molecule has 0 bridgehead atoms. The van der Waals surface area contributed by atoms with E-state index in [1.54, 1.807) is 32.9 Å². The first kappa shape index (κ1) is 16.9. The van der Waals surface area contributed by atoms with E-state index in [4.69, 9.17) is 9.47 Å². The number of benzene rings is 1. The summed E-state index contributed by atoms with van der Waals surface area (Å²) in [5.41, 5.74) is 1.21. The van der Waals surface area contributed by atoms with Gasteiger partial charge in [-0.15, -0.1) is 0 Å². The third-order valence-corrected chi connectivity index (χ3v) is 3.80. The van der Waals surface area contributed by atoms with Crippen molar-refractivity contribution in [2.75, 3.05) is 6.61 Å². The predicted octanol–water partition coefficient (Wildman–Crippen LogP) is 2.63. The fraction of sp³-hybridized carbons (Fsp3) is 0.389. The van der Waals surface area contributed by atoms with Gasteiger partial charge in [-0.05, 0) is 45.3 Å². The van der Waals surface area contributed by atoms with Crippen LogP contribution in [-0.2, 0) is 25.5 Å². The summed E-state index contributed by atoms with van der Waals surface area (Å²) in [4.78, 5) is 35.4. The minimum Gasteiger partial charge on any atom is -0.462 e. The fourth-order valence-corrected chi connectivity index (χ4v) is 2.54. The average molecular weight is 316 g/mol. The van der Waals surface area contributed by atoms with Gasteiger partial charge >= 0.3 is 11.9 Å². The molecule has 1 aliphatic rings. The minimum absolute atomic E-state index is 0.0114. The zero-order valence-electron chi connectivity index (χ0n) is 13.8. The monoisotopic (exact) mass is 316 g/mol. The van der Waals surface area contributed by atoms with Crippen LogP contribution in [0.25, 0.3) is 0 Å². The number of carbonyl (C=O) groups is 3. The van der Waals surface area contributed by atoms with Crippen molar-refractivity contribution in [1.82, 2.24) is 0 Å². The highest BCUT2D eigenvalue weighted by Gasteiger charge is 2.43. The zero-order chi connectivity index (χ0) is 17.2. The Morgan fingerprint density at radius 3 is 2.30 bits per heavy atom. The molecule has 0 radical (unpaired) electrons. The maximum Gasteiger partial charge on any atom is 0.346 e. The van der Waals surface area contributed by atoms with Crippen molar-refractivity contribution in [3.63, 3.8) is 0 Å². The second-order valence-corrected chi connectivity index (χ2v) is 5.90. The van der Waals surface area contributed by atoms with Gasteiger partial charge in [-0.2, -0.15) is 0 Å². The number of Topliss-reactive ketones (excluding diaryl/α,β-unsaturated/α-hetero) is 1. The highest BCUT2D eigenvalue weighted by atomic mass is 16.6. The lowest BCUT2D eigenvalue weighted by Gasteiger charge is -2.21. The summed E-state index contributed by atoms with van der Waals surface area (Å²) in [5.74, 6) is -1.31. The third kappa shape index (κ3) is 3.50. The highest BCUT2D eigenvalue weighted by Crippen LogP contribution is 2.35. The lowest BCUT2D eigenvalue weighted by molar-refractivity contribution is -0.148. The first-order valence-corrected chi connectivity index (χ1v) is 7.50. The second-order valence-electron chi connectivity index (χ2n) is 5.90. The number of rotatable bonds is 5. The van der Waals surface area contributed by atoms with Crippen LogP contribution >= 0.6 is 0 Å². The molecule has 0 atom stereocenters. The molecule has 0 aromatic heterocycles. The van der Waals surface area contributed by atoms with E-state index in [1.807, 2.05) is 12.1 Å². The summed E-state index contributed by atoms with van der Waals surface area (Å²) in [6.45, 7) is 6.87. The van der Waals surface area contributed by atoms with Gasteiger partial charge in [0.1, 0.15) is 11.2 Å². The van der Waals surface area contributed by atoms with Gasteiger partial charge in [0.15, 0.2) is 5.78 Å². The van der Waals surface area contributed by atoms with Crippen molar-refractivity contribution < 1.29 is 23.9 Å². The molecule has 2 rings (SSSR count). The molecule has 0 N–H and O–H groups in total. The van der Waals surface area contributed by atoms with Gasteiger partial charge in [0.2, 0.25) is 0 Å². The van der Waals surface area contributed by atoms with Gasteiger partial charge < -0.3 is 9.47 Å². The number of ether oxygens (including phenoxy) is 2. The summed E-state index contributed by atoms with van der Waals surface area (Å²) >= 11 is 0. The number of ketones is 1. The van der Waals surface area contributed by atoms with Crippen LogP contribution in [0.4, 0.5) is 0 Å². The molecule has 0 spiro atoms. The van der Waals surface area contributed by atoms with E-state index in [2.05, 4.69) is 0 Å². The molecule has 0 saturated heterocycles. The smallest absolute Gasteiger partial charge is 0.346 e. The zero-order valence-corrected chi connectivity index (χ0v) is 13.8. The van der Waals surface area contributed by atoms with Crippen molar-refractivity contribution in [2.24, 2.45) is 0 Å². The van der Waals surface area contributed by atoms with Crippen LogP contribution in [0.1, 0.15) is 43.6 Å². The van der Waals surface area contributed by atoms with Crippen LogP contribution in [0, 0.1) is 0 Å². The van der Waals surface area contributed by atoms with Crippen LogP contribution in [0.3, 0.4) is 0 Å². The van der Waals surface area contributed by atoms with E-state index in [0.717, 1.165) is 5.56 Å². The van der Waals surface area contributed by atoms with E-state index in [-0.39, 0.29) is 18.0 Å². The van der Waals surface area contributed by atoms with Gasteiger partial charge in [0.05, 0.1) is 6.61 Å². The Morgan fingerprint density at radius 1 is 1.17 bits per heavy atom. The van der Waals surface area contributed by atoms with E-state index in [1.165, 1.54) is 6.92 Å². The van der Waals surface area contributed by atoms with Crippen LogP contribution < -0.4 is 0 Å². The van der Waals surface area contributed by atoms with Crippen molar-refractivity contribution >= 4 is 17.7 Å². The molecule has 0 aliphatic carbocycles. The first-order valence-electron chi connectivity index (χ1n) is 7.50. The normalized spacial score (nSPS) is 16.3. The first-order chi connectivity index (χ1) is 10.8. The molecule has 122 valence electrons. The maximum absolute atomic E-state index is 12.1. The van der Waals surface area contributed by atoms with Crippen molar-refractivity contribution in [3.8, 4) is 0 Å². The van der Waals surface area contributed by atoms with Gasteiger partial charge in [-0.25, -0.2) is 9.59 Å². The molecule has 0 fully saturated rings. The van der Waals surface area contributed by atoms with E-state index >= 15 is 0 Å². The summed E-state index contributed by atoms with van der Waals surface area (Å²) in [6.07, 6.45) is 0.380. The minimum atomic E-state index is -0.863. The van der Waals surface area contributed by atoms with E-state index < -0.39 is 17.5 Å². The molecule has 1 aliphatic heterocycles. The Balaban J connectivity index is 2.37. The van der Waals surface area contributed by atoms with Gasteiger partial charge in [-0.1, -0.05) is 24.3 Å². The number of hydrogen-bond acceptors (Lipinski definition) is 5. The molecule has 0 saturated carbocycles. The lowest BCUT2D eigenvalue weighted by Crippen LogP contribution is -2.24. The molecule has 0 unspecified atom stereocenters. The molecule has 5 heteroatoms.